The Morgan fingerprint density at radius 2 is 1.91 bits per heavy atom. The molecule has 1 amide bonds. The van der Waals surface area contributed by atoms with E-state index in [4.69, 9.17) is 37.4 Å². The summed E-state index contributed by atoms with van der Waals surface area (Å²) < 4.78 is 33.3. The van der Waals surface area contributed by atoms with Crippen LogP contribution in [0.25, 0.3) is 0 Å². The summed E-state index contributed by atoms with van der Waals surface area (Å²) in [5, 5.41) is 2.95. The second-order valence-corrected chi connectivity index (χ2v) is 11.9. The molecule has 3 heterocycles. The van der Waals surface area contributed by atoms with E-state index in [9.17, 15) is 9.18 Å². The van der Waals surface area contributed by atoms with Crippen molar-refractivity contribution < 1.29 is 23.4 Å². The van der Waals surface area contributed by atoms with Crippen LogP contribution in [-0.4, -0.2) is 93.0 Å². The third kappa shape index (κ3) is 7.20. The molecule has 0 aromatic heterocycles. The number of hydrogen-bond acceptors (Lipinski definition) is 7. The molecule has 3 saturated heterocycles. The Bertz CT molecular complexity index is 1400. The van der Waals surface area contributed by atoms with E-state index < -0.39 is 5.82 Å². The van der Waals surface area contributed by atoms with Gasteiger partial charge in [0.15, 0.2) is 17.3 Å². The number of fused-ring (bicyclic) bond motifs is 2. The Balaban J connectivity index is 1.40. The van der Waals surface area contributed by atoms with Crippen LogP contribution in [0.1, 0.15) is 37.7 Å². The summed E-state index contributed by atoms with van der Waals surface area (Å²) in [6.07, 6.45) is 5.35. The van der Waals surface area contributed by atoms with E-state index in [1.807, 2.05) is 4.90 Å². The molecule has 2 bridgehead atoms. The summed E-state index contributed by atoms with van der Waals surface area (Å²) in [6.45, 7) is 12.1. The minimum atomic E-state index is -0.693. The van der Waals surface area contributed by atoms with Gasteiger partial charge >= 0.3 is 0 Å². The molecule has 0 radical (unpaired) electrons. The van der Waals surface area contributed by atoms with E-state index in [0.717, 1.165) is 52.1 Å². The minimum absolute atomic E-state index is 0.0339. The highest BCUT2D eigenvalue weighted by Crippen LogP contribution is 2.41. The molecule has 3 aliphatic heterocycles. The van der Waals surface area contributed by atoms with Crippen molar-refractivity contribution in [3.63, 3.8) is 0 Å². The van der Waals surface area contributed by atoms with Crippen LogP contribution in [0.3, 0.4) is 0 Å². The smallest absolute Gasteiger partial charge is 0.246 e. The first-order valence-corrected chi connectivity index (χ1v) is 15.6. The monoisotopic (exact) mass is 645 g/mol. The number of morpholine rings is 1. The second kappa shape index (κ2) is 14.7. The number of anilines is 1. The molecule has 3 atom stereocenters. The molecule has 0 unspecified atom stereocenters. The third-order valence-electron chi connectivity index (χ3n) is 8.39. The van der Waals surface area contributed by atoms with Crippen molar-refractivity contribution in [1.82, 2.24) is 9.80 Å². The summed E-state index contributed by atoms with van der Waals surface area (Å²) in [7, 11) is 1.59. The maximum absolute atomic E-state index is 15.0. The topological polar surface area (TPSA) is 88.0 Å². The summed E-state index contributed by atoms with van der Waals surface area (Å²) in [4.78, 5) is 25.4. The SMILES string of the molecule is C=CC(=O)N1[C@@H]2CC[C@H]1C[C@H](Oc1cc(/C(=N\C)Nc3ccc(Cl)c(Cl)c3F)c(N=C)cc1OCCCN1CCOCC1)C2. The number of carbonyl (C=O) groups is 1. The maximum atomic E-state index is 15.0. The molecule has 5 rings (SSSR count). The Hall–Kier alpha value is -3.18. The van der Waals surface area contributed by atoms with Crippen molar-refractivity contribution in [3.05, 3.63) is 58.3 Å². The van der Waals surface area contributed by atoms with Crippen LogP contribution in [0.2, 0.25) is 10.0 Å². The fourth-order valence-electron chi connectivity index (χ4n) is 6.23. The third-order valence-corrected chi connectivity index (χ3v) is 9.17. The van der Waals surface area contributed by atoms with Crippen molar-refractivity contribution >= 4 is 53.0 Å². The molecule has 2 aromatic rings. The maximum Gasteiger partial charge on any atom is 0.246 e. The number of benzene rings is 2. The van der Waals surface area contributed by atoms with Crippen LogP contribution >= 0.6 is 23.2 Å². The van der Waals surface area contributed by atoms with Gasteiger partial charge in [0.2, 0.25) is 5.91 Å². The van der Waals surface area contributed by atoms with Gasteiger partial charge in [0.05, 0.1) is 41.2 Å². The van der Waals surface area contributed by atoms with E-state index in [0.29, 0.717) is 48.0 Å². The zero-order valence-electron chi connectivity index (χ0n) is 24.9. The summed E-state index contributed by atoms with van der Waals surface area (Å²) in [5.74, 6) is 0.658. The first kappa shape index (κ1) is 32.2. The molecule has 2 aromatic carbocycles. The Labute approximate surface area is 267 Å². The fraction of sp³-hybridized carbons (Fsp3) is 0.469. The van der Waals surface area contributed by atoms with E-state index in [2.05, 4.69) is 33.5 Å². The number of rotatable bonds is 11. The summed E-state index contributed by atoms with van der Waals surface area (Å²) >= 11 is 12.0. The van der Waals surface area contributed by atoms with Crippen LogP contribution in [0.4, 0.5) is 15.8 Å². The number of hydrogen-bond donors (Lipinski definition) is 1. The zero-order valence-corrected chi connectivity index (χ0v) is 26.4. The molecule has 44 heavy (non-hydrogen) atoms. The largest absolute Gasteiger partial charge is 0.490 e. The van der Waals surface area contributed by atoms with Crippen molar-refractivity contribution in [1.29, 1.82) is 0 Å². The van der Waals surface area contributed by atoms with Gasteiger partial charge in [0.1, 0.15) is 11.9 Å². The summed E-state index contributed by atoms with van der Waals surface area (Å²) in [5.41, 5.74) is 1.14. The molecule has 9 nitrogen and oxygen atoms in total. The van der Waals surface area contributed by atoms with E-state index in [-0.39, 0.29) is 39.8 Å². The fourth-order valence-corrected chi connectivity index (χ4v) is 6.54. The van der Waals surface area contributed by atoms with Crippen molar-refractivity contribution in [2.75, 3.05) is 51.8 Å². The van der Waals surface area contributed by atoms with Crippen molar-refractivity contribution in [2.45, 2.75) is 50.3 Å². The molecule has 0 spiro atoms. The highest BCUT2D eigenvalue weighted by molar-refractivity contribution is 6.42. The molecule has 0 aliphatic carbocycles. The highest BCUT2D eigenvalue weighted by Gasteiger charge is 2.43. The molecule has 0 saturated carbocycles. The lowest BCUT2D eigenvalue weighted by molar-refractivity contribution is -0.131. The first-order chi connectivity index (χ1) is 21.3. The highest BCUT2D eigenvalue weighted by atomic mass is 35.5. The normalized spacial score (nSPS) is 22.0. The van der Waals surface area contributed by atoms with Crippen LogP contribution in [0, 0.1) is 5.82 Å². The molecule has 236 valence electrons. The van der Waals surface area contributed by atoms with Crippen molar-refractivity contribution in [2.24, 2.45) is 9.98 Å². The van der Waals surface area contributed by atoms with Gasteiger partial charge in [-0.05, 0) is 50.3 Å². The average molecular weight is 647 g/mol. The number of amides is 1. The second-order valence-electron chi connectivity index (χ2n) is 11.1. The first-order valence-electron chi connectivity index (χ1n) is 14.9. The molecule has 12 heteroatoms. The van der Waals surface area contributed by atoms with Crippen LogP contribution < -0.4 is 14.8 Å². The quantitative estimate of drug-likeness (QED) is 0.104. The lowest BCUT2D eigenvalue weighted by Gasteiger charge is -2.38. The number of amidine groups is 1. The van der Waals surface area contributed by atoms with Gasteiger partial charge in [-0.1, -0.05) is 29.8 Å². The molecule has 3 aliphatic rings. The molecule has 1 N–H and O–H groups in total. The molecular formula is C32H38Cl2FN5O4. The number of piperidine rings is 1. The Morgan fingerprint density at radius 1 is 1.18 bits per heavy atom. The number of ether oxygens (including phenoxy) is 3. The Morgan fingerprint density at radius 3 is 2.57 bits per heavy atom. The van der Waals surface area contributed by atoms with E-state index in [1.165, 1.54) is 18.2 Å². The van der Waals surface area contributed by atoms with Crippen LogP contribution in [-0.2, 0) is 9.53 Å². The summed E-state index contributed by atoms with van der Waals surface area (Å²) in [6, 6.07) is 6.78. The average Bonchev–Trinajstić information content (AvgIpc) is 3.31. The molecular weight excluding hydrogens is 608 g/mol. The predicted molar refractivity (Wildman–Crippen MR) is 173 cm³/mol. The number of carbonyl (C=O) groups excluding carboxylic acids is 1. The number of aliphatic imine (C=N–C) groups is 2. The van der Waals surface area contributed by atoms with Crippen LogP contribution in [0.5, 0.6) is 11.5 Å². The number of halogens is 3. The standard InChI is InChI=1S/C32H38Cl2FN5O4/c1-4-29(41)40-20-6-7-21(40)17-22(16-20)44-28-18-23(32(37-3)38-25-9-8-24(33)30(34)31(25)35)26(36-2)19-27(28)43-13-5-10-39-11-14-42-15-12-39/h4,8-9,18-22H,1-2,5-7,10-17H2,3H3,(H,37,38)/t20-,21+,22-. The molecule has 3 fully saturated rings. The minimum Gasteiger partial charge on any atom is -0.490 e. The van der Waals surface area contributed by atoms with E-state index >= 15 is 0 Å². The van der Waals surface area contributed by atoms with Gasteiger partial charge in [-0.15, -0.1) is 0 Å². The van der Waals surface area contributed by atoms with Gasteiger partial charge < -0.3 is 24.4 Å². The van der Waals surface area contributed by atoms with Gasteiger partial charge in [-0.2, -0.15) is 0 Å². The van der Waals surface area contributed by atoms with Gasteiger partial charge in [0.25, 0.3) is 0 Å². The Kier molecular flexibility index (Phi) is 10.8. The lowest BCUT2D eigenvalue weighted by atomic mass is 9.99. The predicted octanol–water partition coefficient (Wildman–Crippen LogP) is 6.14. The van der Waals surface area contributed by atoms with E-state index in [1.54, 1.807) is 19.2 Å². The zero-order chi connectivity index (χ0) is 31.2. The van der Waals surface area contributed by atoms with Crippen LogP contribution in [0.15, 0.2) is 46.9 Å². The van der Waals surface area contributed by atoms with Crippen molar-refractivity contribution in [3.8, 4) is 11.5 Å². The van der Waals surface area contributed by atoms with Gasteiger partial charge in [-0.25, -0.2) is 4.39 Å². The van der Waals surface area contributed by atoms with Gasteiger partial charge in [0, 0.05) is 63.2 Å². The number of nitrogens with zero attached hydrogens (tertiary/aromatic N) is 4. The lowest BCUT2D eigenvalue weighted by Crippen LogP contribution is -2.48. The van der Waals surface area contributed by atoms with Gasteiger partial charge in [-0.3, -0.25) is 19.7 Å². The number of nitrogens with one attached hydrogen (secondary N) is 1.